The molecule has 0 radical (unpaired) electrons. The number of aromatic nitrogens is 1. The van der Waals surface area contributed by atoms with E-state index >= 15 is 0 Å². The van der Waals surface area contributed by atoms with Gasteiger partial charge in [-0.15, -0.1) is 0 Å². The Kier molecular flexibility index (Phi) is 4.40. The highest BCUT2D eigenvalue weighted by molar-refractivity contribution is 5.85. The number of nitrogens with zero attached hydrogens (tertiary/aromatic N) is 1. The van der Waals surface area contributed by atoms with Gasteiger partial charge < -0.3 is 14.6 Å². The Morgan fingerprint density at radius 1 is 1.26 bits per heavy atom. The minimum absolute atomic E-state index is 0.0166. The first-order valence-corrected chi connectivity index (χ1v) is 4.82. The standard InChI is InChI=1S/C10H8F5NO3/c11-9(12,10(13,14)15)5-19-4-7-2-1-6(3-16-7)8(17)18/h1-3H,4-5H2,(H,17,18)/p-1. The molecule has 0 atom stereocenters. The summed E-state index contributed by atoms with van der Waals surface area (Å²) in [4.78, 5) is 13.9. The van der Waals surface area contributed by atoms with E-state index in [2.05, 4.69) is 9.72 Å². The van der Waals surface area contributed by atoms with Gasteiger partial charge in [0.2, 0.25) is 0 Å². The third-order valence-corrected chi connectivity index (χ3v) is 2.01. The zero-order valence-electron chi connectivity index (χ0n) is 9.21. The van der Waals surface area contributed by atoms with Gasteiger partial charge in [-0.1, -0.05) is 0 Å². The van der Waals surface area contributed by atoms with Crippen LogP contribution < -0.4 is 5.11 Å². The van der Waals surface area contributed by atoms with Crippen LogP contribution in [0.25, 0.3) is 0 Å². The van der Waals surface area contributed by atoms with Crippen molar-refractivity contribution >= 4 is 5.97 Å². The van der Waals surface area contributed by atoms with Crippen LogP contribution in [-0.2, 0) is 11.3 Å². The molecule has 1 aromatic heterocycles. The Bertz CT molecular complexity index is 443. The number of aromatic carboxylic acids is 1. The number of ether oxygens (including phenoxy) is 1. The molecular weight excluding hydrogens is 277 g/mol. The van der Waals surface area contributed by atoms with Crippen molar-refractivity contribution in [3.63, 3.8) is 0 Å². The van der Waals surface area contributed by atoms with E-state index in [9.17, 15) is 31.9 Å². The summed E-state index contributed by atoms with van der Waals surface area (Å²) in [6, 6.07) is 2.19. The second-order valence-corrected chi connectivity index (χ2v) is 3.52. The highest BCUT2D eigenvalue weighted by atomic mass is 19.4. The number of rotatable bonds is 5. The van der Waals surface area contributed by atoms with Gasteiger partial charge in [0.25, 0.3) is 0 Å². The predicted octanol–water partition coefficient (Wildman–Crippen LogP) is 1.16. The molecule has 0 unspecified atom stereocenters. The molecule has 0 spiro atoms. The van der Waals surface area contributed by atoms with Crippen molar-refractivity contribution in [2.75, 3.05) is 6.61 Å². The van der Waals surface area contributed by atoms with Gasteiger partial charge >= 0.3 is 12.1 Å². The zero-order valence-corrected chi connectivity index (χ0v) is 9.21. The smallest absolute Gasteiger partial charge is 0.455 e. The largest absolute Gasteiger partial charge is 0.545 e. The highest BCUT2D eigenvalue weighted by Crippen LogP contribution is 2.35. The van der Waals surface area contributed by atoms with Crippen molar-refractivity contribution in [2.45, 2.75) is 18.7 Å². The minimum atomic E-state index is -5.68. The Morgan fingerprint density at radius 3 is 2.32 bits per heavy atom. The number of carbonyl (C=O) groups excluding carboxylic acids is 1. The third-order valence-electron chi connectivity index (χ3n) is 2.01. The molecule has 1 rings (SSSR count). The molecule has 19 heavy (non-hydrogen) atoms. The van der Waals surface area contributed by atoms with Crippen LogP contribution in [0.1, 0.15) is 16.1 Å². The van der Waals surface area contributed by atoms with Gasteiger partial charge in [0.15, 0.2) is 0 Å². The topological polar surface area (TPSA) is 62.2 Å². The van der Waals surface area contributed by atoms with E-state index in [4.69, 9.17) is 0 Å². The second-order valence-electron chi connectivity index (χ2n) is 3.52. The van der Waals surface area contributed by atoms with Gasteiger partial charge in [-0.2, -0.15) is 22.0 Å². The lowest BCUT2D eigenvalue weighted by molar-refractivity contribution is -0.297. The maximum absolute atomic E-state index is 12.4. The molecule has 0 saturated carbocycles. The molecule has 0 saturated heterocycles. The van der Waals surface area contributed by atoms with Crippen LogP contribution in [-0.4, -0.2) is 29.7 Å². The first-order valence-electron chi connectivity index (χ1n) is 4.82. The molecule has 0 bridgehead atoms. The van der Waals surface area contributed by atoms with Crippen LogP contribution in [0.3, 0.4) is 0 Å². The van der Waals surface area contributed by atoms with Gasteiger partial charge in [0.05, 0.1) is 18.3 Å². The molecule has 4 nitrogen and oxygen atoms in total. The van der Waals surface area contributed by atoms with Gasteiger partial charge in [-0.25, -0.2) is 0 Å². The van der Waals surface area contributed by atoms with E-state index in [1.165, 1.54) is 0 Å². The fraction of sp³-hybridized carbons (Fsp3) is 0.400. The summed E-state index contributed by atoms with van der Waals surface area (Å²) >= 11 is 0. The lowest BCUT2D eigenvalue weighted by Crippen LogP contribution is -2.40. The van der Waals surface area contributed by atoms with Crippen molar-refractivity contribution in [1.82, 2.24) is 4.98 Å². The van der Waals surface area contributed by atoms with E-state index in [1.807, 2.05) is 0 Å². The number of carboxylic acid groups (broad SMARTS) is 1. The van der Waals surface area contributed by atoms with Gasteiger partial charge in [0.1, 0.15) is 6.61 Å². The average Bonchev–Trinajstić information content (AvgIpc) is 2.28. The number of halogens is 5. The minimum Gasteiger partial charge on any atom is -0.545 e. The summed E-state index contributed by atoms with van der Waals surface area (Å²) < 4.78 is 64.5. The number of alkyl halides is 5. The molecule has 0 N–H and O–H groups in total. The summed E-state index contributed by atoms with van der Waals surface area (Å²) in [6.45, 7) is -2.43. The number of hydrogen-bond acceptors (Lipinski definition) is 4. The van der Waals surface area contributed by atoms with Crippen molar-refractivity contribution in [3.05, 3.63) is 29.6 Å². The molecule has 1 aromatic rings. The summed E-state index contributed by atoms with van der Waals surface area (Å²) in [5, 5.41) is 10.4. The van der Waals surface area contributed by atoms with Crippen LogP contribution in [0.5, 0.6) is 0 Å². The molecule has 0 aliphatic rings. The molecular formula is C10H7F5NO3-. The molecule has 1 heterocycles. The summed E-state index contributed by atoms with van der Waals surface area (Å²) in [5.41, 5.74) is -0.229. The molecule has 0 amide bonds. The fourth-order valence-electron chi connectivity index (χ4n) is 0.996. The van der Waals surface area contributed by atoms with Crippen molar-refractivity contribution in [3.8, 4) is 0 Å². The number of hydrogen-bond donors (Lipinski definition) is 0. The average molecular weight is 284 g/mol. The van der Waals surface area contributed by atoms with Crippen LogP contribution in [0.4, 0.5) is 22.0 Å². The van der Waals surface area contributed by atoms with Crippen LogP contribution >= 0.6 is 0 Å². The van der Waals surface area contributed by atoms with Crippen LogP contribution in [0.15, 0.2) is 18.3 Å². The monoisotopic (exact) mass is 284 g/mol. The molecule has 0 aliphatic carbocycles. The van der Waals surface area contributed by atoms with Crippen LogP contribution in [0, 0.1) is 0 Å². The first-order chi connectivity index (χ1) is 8.63. The Morgan fingerprint density at radius 2 is 1.89 bits per heavy atom. The number of carboxylic acids is 1. The summed E-state index contributed by atoms with van der Waals surface area (Å²) in [5.74, 6) is -6.43. The SMILES string of the molecule is O=C([O-])c1ccc(COCC(F)(F)C(F)(F)F)nc1. The number of pyridine rings is 1. The first kappa shape index (κ1) is 15.3. The molecule has 0 fully saturated rings. The lowest BCUT2D eigenvalue weighted by Gasteiger charge is -2.19. The van der Waals surface area contributed by atoms with E-state index in [-0.39, 0.29) is 11.3 Å². The van der Waals surface area contributed by atoms with Crippen molar-refractivity contribution < 1.29 is 36.6 Å². The predicted molar refractivity (Wildman–Crippen MR) is 49.2 cm³/mol. The summed E-state index contributed by atoms with van der Waals surface area (Å²) in [7, 11) is 0. The molecule has 0 aliphatic heterocycles. The Hall–Kier alpha value is -1.77. The van der Waals surface area contributed by atoms with E-state index < -0.39 is 31.3 Å². The summed E-state index contributed by atoms with van der Waals surface area (Å²) in [6.07, 6.45) is -4.80. The van der Waals surface area contributed by atoms with Gasteiger partial charge in [-0.3, -0.25) is 4.98 Å². The van der Waals surface area contributed by atoms with Crippen LogP contribution in [0.2, 0.25) is 0 Å². The quantitative estimate of drug-likeness (QED) is 0.761. The zero-order chi connectivity index (χ0) is 14.7. The van der Waals surface area contributed by atoms with Gasteiger partial charge in [-0.05, 0) is 12.1 Å². The van der Waals surface area contributed by atoms with E-state index in [1.54, 1.807) is 0 Å². The third kappa shape index (κ3) is 4.12. The second kappa shape index (κ2) is 5.47. The Labute approximate surface area is 103 Å². The maximum atomic E-state index is 12.4. The molecule has 106 valence electrons. The van der Waals surface area contributed by atoms with Gasteiger partial charge in [0, 0.05) is 11.8 Å². The van der Waals surface area contributed by atoms with Crippen molar-refractivity contribution in [2.24, 2.45) is 0 Å². The Balaban J connectivity index is 2.52. The maximum Gasteiger partial charge on any atom is 0.455 e. The van der Waals surface area contributed by atoms with Crippen molar-refractivity contribution in [1.29, 1.82) is 0 Å². The molecule has 9 heteroatoms. The molecule has 0 aromatic carbocycles. The van der Waals surface area contributed by atoms with E-state index in [0.717, 1.165) is 18.3 Å². The lowest BCUT2D eigenvalue weighted by atomic mass is 10.2. The normalized spacial score (nSPS) is 12.5. The highest BCUT2D eigenvalue weighted by Gasteiger charge is 2.57. The van der Waals surface area contributed by atoms with E-state index in [0.29, 0.717) is 0 Å². The fourth-order valence-corrected chi connectivity index (χ4v) is 0.996. The number of carbonyl (C=O) groups is 1.